The van der Waals surface area contributed by atoms with Gasteiger partial charge in [-0.05, 0) is 6.42 Å². The molecule has 2 unspecified atom stereocenters. The lowest BCUT2D eigenvalue weighted by atomic mass is 9.79. The zero-order chi connectivity index (χ0) is 10.5. The summed E-state index contributed by atoms with van der Waals surface area (Å²) in [6.45, 7) is 0.221. The summed E-state index contributed by atoms with van der Waals surface area (Å²) in [5.41, 5.74) is -1.14. The molecule has 0 heterocycles. The molecule has 2 atom stereocenters. The summed E-state index contributed by atoms with van der Waals surface area (Å²) in [4.78, 5) is 0. The number of rotatable bonds is 6. The van der Waals surface area contributed by atoms with E-state index in [1.807, 2.05) is 0 Å². The molecule has 0 aliphatic heterocycles. The molecule has 5 heteroatoms. The predicted molar refractivity (Wildman–Crippen MR) is 46.0 cm³/mol. The average molecular weight is 194 g/mol. The van der Waals surface area contributed by atoms with E-state index in [2.05, 4.69) is 0 Å². The normalized spacial score (nSPS) is 17.1. The molecule has 0 radical (unpaired) electrons. The molecule has 0 spiro atoms. The summed E-state index contributed by atoms with van der Waals surface area (Å²) in [5.74, 6) is 0. The van der Waals surface area contributed by atoms with Crippen LogP contribution in [0, 0.1) is 5.41 Å². The average Bonchev–Trinajstić information content (AvgIpc) is 2.20. The van der Waals surface area contributed by atoms with Crippen molar-refractivity contribution in [2.45, 2.75) is 25.6 Å². The van der Waals surface area contributed by atoms with Gasteiger partial charge in [0, 0.05) is 5.41 Å². The third-order valence-corrected chi connectivity index (χ3v) is 2.51. The smallest absolute Gasteiger partial charge is 0.104 e. The maximum absolute atomic E-state index is 9.50. The van der Waals surface area contributed by atoms with E-state index in [4.69, 9.17) is 20.4 Å². The van der Waals surface area contributed by atoms with Gasteiger partial charge in [-0.2, -0.15) is 0 Å². The van der Waals surface area contributed by atoms with Gasteiger partial charge >= 0.3 is 0 Å². The van der Waals surface area contributed by atoms with Gasteiger partial charge in [-0.3, -0.25) is 0 Å². The van der Waals surface area contributed by atoms with Gasteiger partial charge in [-0.25, -0.2) is 0 Å². The predicted octanol–water partition coefficient (Wildman–Crippen LogP) is -1.92. The lowest BCUT2D eigenvalue weighted by Gasteiger charge is -2.35. The van der Waals surface area contributed by atoms with Gasteiger partial charge in [-0.15, -0.1) is 0 Å². The molecule has 80 valence electrons. The molecule has 0 saturated heterocycles. The van der Waals surface area contributed by atoms with Gasteiger partial charge in [0.05, 0.1) is 25.9 Å². The van der Waals surface area contributed by atoms with Crippen LogP contribution in [0.4, 0.5) is 0 Å². The van der Waals surface area contributed by atoms with Crippen molar-refractivity contribution >= 4 is 0 Å². The van der Waals surface area contributed by atoms with Crippen molar-refractivity contribution in [2.24, 2.45) is 5.41 Å². The number of aliphatic hydroxyl groups excluding tert-OH is 5. The minimum Gasteiger partial charge on any atom is -0.396 e. The van der Waals surface area contributed by atoms with E-state index in [9.17, 15) is 5.11 Å². The molecule has 0 saturated carbocycles. The summed E-state index contributed by atoms with van der Waals surface area (Å²) >= 11 is 0. The second kappa shape index (κ2) is 5.51. The molecular weight excluding hydrogens is 176 g/mol. The molecular formula is C8H18O5. The zero-order valence-electron chi connectivity index (χ0n) is 7.72. The first-order valence-corrected chi connectivity index (χ1v) is 4.26. The second-order valence-corrected chi connectivity index (χ2v) is 3.23. The first-order valence-electron chi connectivity index (χ1n) is 4.26. The Labute approximate surface area is 77.3 Å². The molecule has 0 aliphatic rings. The van der Waals surface area contributed by atoms with E-state index in [0.29, 0.717) is 6.42 Å². The number of hydrogen-bond donors (Lipinski definition) is 5. The minimum absolute atomic E-state index is 0.318. The highest BCUT2D eigenvalue weighted by Gasteiger charge is 2.39. The number of hydrogen-bond acceptors (Lipinski definition) is 5. The Kier molecular flexibility index (Phi) is 5.43. The first-order chi connectivity index (χ1) is 6.07. The monoisotopic (exact) mass is 194 g/mol. The van der Waals surface area contributed by atoms with Gasteiger partial charge in [0.15, 0.2) is 0 Å². The molecule has 0 aromatic rings. The third-order valence-electron chi connectivity index (χ3n) is 2.51. The molecule has 5 nitrogen and oxygen atoms in total. The van der Waals surface area contributed by atoms with E-state index < -0.39 is 37.4 Å². The summed E-state index contributed by atoms with van der Waals surface area (Å²) in [7, 11) is 0. The van der Waals surface area contributed by atoms with Crippen molar-refractivity contribution in [3.05, 3.63) is 0 Å². The van der Waals surface area contributed by atoms with E-state index in [0.717, 1.165) is 0 Å². The maximum atomic E-state index is 9.50. The van der Waals surface area contributed by atoms with Crippen molar-refractivity contribution in [3.8, 4) is 0 Å². The second-order valence-electron chi connectivity index (χ2n) is 3.23. The Bertz CT molecular complexity index is 126. The lowest BCUT2D eigenvalue weighted by Crippen LogP contribution is -2.49. The Morgan fingerprint density at radius 3 is 1.77 bits per heavy atom. The van der Waals surface area contributed by atoms with Crippen molar-refractivity contribution in [2.75, 3.05) is 19.8 Å². The fourth-order valence-corrected chi connectivity index (χ4v) is 1.18. The van der Waals surface area contributed by atoms with Crippen LogP contribution in [0.3, 0.4) is 0 Å². The summed E-state index contributed by atoms with van der Waals surface area (Å²) < 4.78 is 0. The fourth-order valence-electron chi connectivity index (χ4n) is 1.18. The van der Waals surface area contributed by atoms with Crippen LogP contribution in [0.2, 0.25) is 0 Å². The highest BCUT2D eigenvalue weighted by atomic mass is 16.4. The quantitative estimate of drug-likeness (QED) is 0.339. The molecule has 0 aliphatic carbocycles. The SMILES string of the molecule is CCC(CO)(CO)C(O)C(O)CO. The highest BCUT2D eigenvalue weighted by Crippen LogP contribution is 2.27. The van der Waals surface area contributed by atoms with E-state index >= 15 is 0 Å². The van der Waals surface area contributed by atoms with Gasteiger partial charge in [-0.1, -0.05) is 6.92 Å². The molecule has 13 heavy (non-hydrogen) atoms. The van der Waals surface area contributed by atoms with Crippen LogP contribution < -0.4 is 0 Å². The van der Waals surface area contributed by atoms with Crippen molar-refractivity contribution in [1.29, 1.82) is 0 Å². The van der Waals surface area contributed by atoms with Crippen LogP contribution in [0.15, 0.2) is 0 Å². The van der Waals surface area contributed by atoms with E-state index in [-0.39, 0.29) is 0 Å². The number of aliphatic hydroxyl groups is 5. The molecule has 0 aromatic carbocycles. The summed E-state index contributed by atoms with van der Waals surface area (Å²) in [6.07, 6.45) is -2.34. The zero-order valence-corrected chi connectivity index (χ0v) is 7.72. The highest BCUT2D eigenvalue weighted by molar-refractivity contribution is 4.88. The van der Waals surface area contributed by atoms with Crippen molar-refractivity contribution in [1.82, 2.24) is 0 Å². The maximum Gasteiger partial charge on any atom is 0.104 e. The molecule has 5 N–H and O–H groups in total. The van der Waals surface area contributed by atoms with Crippen LogP contribution in [0.1, 0.15) is 13.3 Å². The summed E-state index contributed by atoms with van der Waals surface area (Å²) in [6, 6.07) is 0. The van der Waals surface area contributed by atoms with Crippen LogP contribution >= 0.6 is 0 Å². The lowest BCUT2D eigenvalue weighted by molar-refractivity contribution is -0.121. The third kappa shape index (κ3) is 2.62. The molecule has 0 bridgehead atoms. The van der Waals surface area contributed by atoms with E-state index in [1.165, 1.54) is 0 Å². The Hall–Kier alpha value is -0.200. The molecule has 0 fully saturated rings. The van der Waals surface area contributed by atoms with Gasteiger partial charge in [0.1, 0.15) is 6.10 Å². The molecule has 0 rings (SSSR count). The van der Waals surface area contributed by atoms with Crippen LogP contribution in [-0.4, -0.2) is 57.6 Å². The minimum atomic E-state index is -1.33. The van der Waals surface area contributed by atoms with Crippen molar-refractivity contribution < 1.29 is 25.5 Å². The Morgan fingerprint density at radius 2 is 1.54 bits per heavy atom. The largest absolute Gasteiger partial charge is 0.396 e. The van der Waals surface area contributed by atoms with Gasteiger partial charge in [0.2, 0.25) is 0 Å². The topological polar surface area (TPSA) is 101 Å². The Balaban J connectivity index is 4.52. The molecule has 0 amide bonds. The van der Waals surface area contributed by atoms with Gasteiger partial charge in [0.25, 0.3) is 0 Å². The summed E-state index contributed by atoms with van der Waals surface area (Å²) in [5, 5.41) is 45.2. The Morgan fingerprint density at radius 1 is 1.08 bits per heavy atom. The van der Waals surface area contributed by atoms with Crippen LogP contribution in [0.25, 0.3) is 0 Å². The van der Waals surface area contributed by atoms with E-state index in [1.54, 1.807) is 6.92 Å². The molecule has 0 aromatic heterocycles. The van der Waals surface area contributed by atoms with Crippen LogP contribution in [0.5, 0.6) is 0 Å². The first kappa shape index (κ1) is 12.8. The van der Waals surface area contributed by atoms with Crippen molar-refractivity contribution in [3.63, 3.8) is 0 Å². The standard InChI is InChI=1S/C8H18O5/c1-2-8(4-10,5-11)7(13)6(12)3-9/h6-7,9-13H,2-5H2,1H3. The van der Waals surface area contributed by atoms with Crippen LogP contribution in [-0.2, 0) is 0 Å². The van der Waals surface area contributed by atoms with Gasteiger partial charge < -0.3 is 25.5 Å². The fraction of sp³-hybridized carbons (Fsp3) is 1.00.